The van der Waals surface area contributed by atoms with Gasteiger partial charge in [-0.15, -0.1) is 3.89 Å². The van der Waals surface area contributed by atoms with Crippen molar-refractivity contribution in [2.24, 2.45) is 0 Å². The molecule has 0 bridgehead atoms. The number of ether oxygens (including phenoxy) is 1. The Morgan fingerprint density at radius 2 is 1.77 bits per heavy atom. The van der Waals surface area contributed by atoms with Crippen molar-refractivity contribution in [1.29, 1.82) is 0 Å². The number of nitro groups is 1. The van der Waals surface area contributed by atoms with E-state index in [1.807, 2.05) is 0 Å². The Bertz CT molecular complexity index is 832. The molecule has 9 heteroatoms. The first kappa shape index (κ1) is 15.6. The van der Waals surface area contributed by atoms with E-state index < -0.39 is 26.0 Å². The standard InChI is InChI=1S/C13H8FNO6S/c14-22(19,20)12-3-1-2-9(8-12)13(16)21-11-6-4-10(5-7-11)15(17)18/h1-8H. The Labute approximate surface area is 124 Å². The predicted molar refractivity (Wildman–Crippen MR) is 72.8 cm³/mol. The summed E-state index contributed by atoms with van der Waals surface area (Å²) in [5.74, 6) is -0.886. The van der Waals surface area contributed by atoms with Gasteiger partial charge in [0.1, 0.15) is 5.75 Å². The van der Waals surface area contributed by atoms with E-state index in [1.54, 1.807) is 0 Å². The summed E-state index contributed by atoms with van der Waals surface area (Å²) in [6.07, 6.45) is 0. The molecule has 0 spiro atoms. The number of esters is 1. The third-order valence-corrected chi connectivity index (χ3v) is 3.43. The second kappa shape index (κ2) is 5.90. The first-order valence-corrected chi connectivity index (χ1v) is 7.17. The zero-order valence-electron chi connectivity index (χ0n) is 10.8. The van der Waals surface area contributed by atoms with Crippen LogP contribution in [0.3, 0.4) is 0 Å². The van der Waals surface area contributed by atoms with E-state index in [1.165, 1.54) is 24.3 Å². The molecule has 0 aromatic heterocycles. The molecule has 0 amide bonds. The van der Waals surface area contributed by atoms with Crippen molar-refractivity contribution in [3.8, 4) is 5.75 Å². The van der Waals surface area contributed by atoms with Gasteiger partial charge in [-0.3, -0.25) is 10.1 Å². The van der Waals surface area contributed by atoms with Crippen LogP contribution in [0.4, 0.5) is 9.57 Å². The number of hydrogen-bond acceptors (Lipinski definition) is 6. The Kier molecular flexibility index (Phi) is 4.18. The van der Waals surface area contributed by atoms with E-state index in [2.05, 4.69) is 0 Å². The van der Waals surface area contributed by atoms with Gasteiger partial charge in [-0.1, -0.05) is 6.07 Å². The minimum atomic E-state index is -4.93. The van der Waals surface area contributed by atoms with Gasteiger partial charge in [-0.25, -0.2) is 4.79 Å². The molecule has 2 rings (SSSR count). The van der Waals surface area contributed by atoms with Gasteiger partial charge in [0.25, 0.3) is 5.69 Å². The number of hydrogen-bond donors (Lipinski definition) is 0. The second-order valence-corrected chi connectivity index (χ2v) is 5.45. The fourth-order valence-electron chi connectivity index (χ4n) is 1.58. The lowest BCUT2D eigenvalue weighted by atomic mass is 10.2. The molecule has 0 radical (unpaired) electrons. The van der Waals surface area contributed by atoms with E-state index >= 15 is 0 Å². The zero-order valence-corrected chi connectivity index (χ0v) is 11.6. The first-order valence-electron chi connectivity index (χ1n) is 5.79. The number of carbonyl (C=O) groups excluding carboxylic acids is 1. The molecular weight excluding hydrogens is 317 g/mol. The number of non-ortho nitro benzene ring substituents is 1. The molecule has 0 heterocycles. The largest absolute Gasteiger partial charge is 0.423 e. The molecule has 2 aromatic carbocycles. The number of carbonyl (C=O) groups is 1. The highest BCUT2D eigenvalue weighted by Crippen LogP contribution is 2.19. The van der Waals surface area contributed by atoms with Gasteiger partial charge in [0.05, 0.1) is 15.4 Å². The summed E-state index contributed by atoms with van der Waals surface area (Å²) in [6.45, 7) is 0. The molecule has 0 unspecified atom stereocenters. The third kappa shape index (κ3) is 3.64. The van der Waals surface area contributed by atoms with Gasteiger partial charge < -0.3 is 4.74 Å². The van der Waals surface area contributed by atoms with E-state index in [-0.39, 0.29) is 17.0 Å². The van der Waals surface area contributed by atoms with Gasteiger partial charge in [0, 0.05) is 12.1 Å². The molecule has 0 saturated carbocycles. The van der Waals surface area contributed by atoms with Crippen LogP contribution in [0.15, 0.2) is 53.4 Å². The summed E-state index contributed by atoms with van der Waals surface area (Å²) in [7, 11) is -4.93. The van der Waals surface area contributed by atoms with Crippen LogP contribution in [0.25, 0.3) is 0 Å². The lowest BCUT2D eigenvalue weighted by molar-refractivity contribution is -0.384. The minimum absolute atomic E-state index is 0.0316. The molecule has 0 fully saturated rings. The van der Waals surface area contributed by atoms with Crippen LogP contribution in [-0.2, 0) is 10.2 Å². The highest BCUT2D eigenvalue weighted by Gasteiger charge is 2.16. The predicted octanol–water partition coefficient (Wildman–Crippen LogP) is 2.47. The molecule has 114 valence electrons. The van der Waals surface area contributed by atoms with Crippen LogP contribution in [-0.4, -0.2) is 19.3 Å². The van der Waals surface area contributed by atoms with E-state index in [0.717, 1.165) is 24.3 Å². The van der Waals surface area contributed by atoms with Crippen molar-refractivity contribution in [1.82, 2.24) is 0 Å². The summed E-state index contributed by atoms with van der Waals surface area (Å²) < 4.78 is 39.4. The van der Waals surface area contributed by atoms with Crippen LogP contribution in [0.2, 0.25) is 0 Å². The molecule has 22 heavy (non-hydrogen) atoms. The summed E-state index contributed by atoms with van der Waals surface area (Å²) in [6, 6.07) is 9.00. The average molecular weight is 325 g/mol. The molecule has 0 aliphatic carbocycles. The van der Waals surface area contributed by atoms with E-state index in [4.69, 9.17) is 4.74 Å². The normalized spacial score (nSPS) is 11.0. The zero-order chi connectivity index (χ0) is 16.3. The molecule has 0 N–H and O–H groups in total. The molecule has 0 aliphatic rings. The summed E-state index contributed by atoms with van der Waals surface area (Å²) in [4.78, 5) is 21.1. The smallest absolute Gasteiger partial charge is 0.343 e. The lowest BCUT2D eigenvalue weighted by Gasteiger charge is -2.04. The number of rotatable bonds is 4. The number of nitrogens with zero attached hydrogens (tertiary/aromatic N) is 1. The van der Waals surface area contributed by atoms with Crippen molar-refractivity contribution in [3.05, 3.63) is 64.2 Å². The topological polar surface area (TPSA) is 104 Å². The van der Waals surface area contributed by atoms with Gasteiger partial charge >= 0.3 is 16.2 Å². The van der Waals surface area contributed by atoms with Crippen molar-refractivity contribution in [2.45, 2.75) is 4.90 Å². The maximum absolute atomic E-state index is 12.9. The number of halogens is 1. The Morgan fingerprint density at radius 1 is 1.14 bits per heavy atom. The van der Waals surface area contributed by atoms with Gasteiger partial charge in [0.15, 0.2) is 0 Å². The molecule has 2 aromatic rings. The molecule has 0 saturated heterocycles. The quantitative estimate of drug-likeness (QED) is 0.281. The minimum Gasteiger partial charge on any atom is -0.423 e. The fraction of sp³-hybridized carbons (Fsp3) is 0. The SMILES string of the molecule is O=C(Oc1ccc([N+](=O)[O-])cc1)c1cccc(S(=O)(=O)F)c1. The second-order valence-electron chi connectivity index (χ2n) is 4.11. The summed E-state index contributed by atoms with van der Waals surface area (Å²) in [5, 5.41) is 10.5. The lowest BCUT2D eigenvalue weighted by Crippen LogP contribution is -2.09. The van der Waals surface area contributed by atoms with Crippen LogP contribution >= 0.6 is 0 Å². The van der Waals surface area contributed by atoms with Crippen LogP contribution in [0, 0.1) is 10.1 Å². The highest BCUT2D eigenvalue weighted by molar-refractivity contribution is 7.86. The van der Waals surface area contributed by atoms with Crippen LogP contribution in [0.1, 0.15) is 10.4 Å². The van der Waals surface area contributed by atoms with Crippen molar-refractivity contribution in [3.63, 3.8) is 0 Å². The molecule has 7 nitrogen and oxygen atoms in total. The third-order valence-electron chi connectivity index (χ3n) is 2.61. The molecule has 0 atom stereocenters. The summed E-state index contributed by atoms with van der Waals surface area (Å²) in [5.41, 5.74) is -0.345. The van der Waals surface area contributed by atoms with Crippen molar-refractivity contribution < 1.29 is 26.8 Å². The summed E-state index contributed by atoms with van der Waals surface area (Å²) >= 11 is 0. The molecule has 0 aliphatic heterocycles. The number of nitro benzene ring substituents is 1. The Morgan fingerprint density at radius 3 is 2.32 bits per heavy atom. The van der Waals surface area contributed by atoms with Crippen LogP contribution in [0.5, 0.6) is 5.75 Å². The first-order chi connectivity index (χ1) is 10.3. The highest BCUT2D eigenvalue weighted by atomic mass is 32.3. The van der Waals surface area contributed by atoms with E-state index in [9.17, 15) is 27.2 Å². The van der Waals surface area contributed by atoms with Gasteiger partial charge in [-0.05, 0) is 30.3 Å². The molecular formula is C13H8FNO6S. The maximum atomic E-state index is 12.9. The van der Waals surface area contributed by atoms with Gasteiger partial charge in [0.2, 0.25) is 0 Å². The van der Waals surface area contributed by atoms with Gasteiger partial charge in [-0.2, -0.15) is 8.42 Å². The fourth-order valence-corrected chi connectivity index (χ4v) is 2.09. The monoisotopic (exact) mass is 325 g/mol. The van der Waals surface area contributed by atoms with E-state index in [0.29, 0.717) is 0 Å². The van der Waals surface area contributed by atoms with Crippen LogP contribution < -0.4 is 4.74 Å². The number of benzene rings is 2. The maximum Gasteiger partial charge on any atom is 0.343 e. The Hall–Kier alpha value is -2.81. The van der Waals surface area contributed by atoms with Crippen molar-refractivity contribution in [2.75, 3.05) is 0 Å². The van der Waals surface area contributed by atoms with Crippen molar-refractivity contribution >= 4 is 21.9 Å². The Balaban J connectivity index is 2.20. The average Bonchev–Trinajstić information content (AvgIpc) is 2.47.